The Bertz CT molecular complexity index is 401. The van der Waals surface area contributed by atoms with E-state index in [9.17, 15) is 0 Å². The van der Waals surface area contributed by atoms with E-state index < -0.39 is 0 Å². The van der Waals surface area contributed by atoms with E-state index in [4.69, 9.17) is 17.3 Å². The molecule has 1 aliphatic carbocycles. The zero-order valence-corrected chi connectivity index (χ0v) is 12.1. The second-order valence-corrected chi connectivity index (χ2v) is 5.76. The Kier molecular flexibility index (Phi) is 4.52. The molecule has 2 N–H and O–H groups in total. The van der Waals surface area contributed by atoms with Gasteiger partial charge in [-0.1, -0.05) is 24.6 Å². The molecule has 1 atom stereocenters. The number of hydrogen-bond acceptors (Lipinski definition) is 2. The summed E-state index contributed by atoms with van der Waals surface area (Å²) >= 11 is 6.39. The maximum absolute atomic E-state index is 6.39. The molecule has 0 bridgehead atoms. The molecule has 18 heavy (non-hydrogen) atoms. The molecule has 0 spiro atoms. The van der Waals surface area contributed by atoms with Crippen molar-refractivity contribution in [3.63, 3.8) is 0 Å². The van der Waals surface area contributed by atoms with E-state index in [0.29, 0.717) is 6.04 Å². The van der Waals surface area contributed by atoms with Crippen LogP contribution in [0.25, 0.3) is 0 Å². The number of benzene rings is 1. The Balaban J connectivity index is 2.09. The predicted octanol–water partition coefficient (Wildman–Crippen LogP) is 3.61. The molecule has 0 aromatic heterocycles. The average molecular weight is 267 g/mol. The third-order valence-electron chi connectivity index (χ3n) is 4.04. The van der Waals surface area contributed by atoms with Crippen LogP contribution in [-0.4, -0.2) is 19.1 Å². The van der Waals surface area contributed by atoms with Crippen LogP contribution >= 0.6 is 11.6 Å². The summed E-state index contributed by atoms with van der Waals surface area (Å²) in [5.74, 6) is 0. The smallest absolute Gasteiger partial charge is 0.0642 e. The quantitative estimate of drug-likeness (QED) is 0.882. The number of nitrogens with zero attached hydrogens (tertiary/aromatic N) is 1. The highest BCUT2D eigenvalue weighted by Crippen LogP contribution is 2.33. The molecule has 2 nitrogen and oxygen atoms in total. The molecule has 0 radical (unpaired) electrons. The van der Waals surface area contributed by atoms with Crippen LogP contribution in [0.5, 0.6) is 0 Å². The minimum Gasteiger partial charge on any atom is -0.370 e. The first kappa shape index (κ1) is 13.7. The van der Waals surface area contributed by atoms with E-state index in [1.165, 1.54) is 24.8 Å². The zero-order chi connectivity index (χ0) is 13.1. The van der Waals surface area contributed by atoms with Crippen LogP contribution < -0.4 is 10.6 Å². The molecule has 1 aromatic rings. The number of halogens is 1. The van der Waals surface area contributed by atoms with Crippen molar-refractivity contribution in [3.8, 4) is 0 Å². The number of hydrogen-bond donors (Lipinski definition) is 1. The zero-order valence-electron chi connectivity index (χ0n) is 11.3. The van der Waals surface area contributed by atoms with Gasteiger partial charge in [-0.25, -0.2) is 0 Å². The first-order chi connectivity index (χ1) is 8.61. The lowest BCUT2D eigenvalue weighted by molar-refractivity contribution is 0.401. The van der Waals surface area contributed by atoms with Gasteiger partial charge in [-0.3, -0.25) is 0 Å². The summed E-state index contributed by atoms with van der Waals surface area (Å²) in [5, 5.41) is 0.852. The van der Waals surface area contributed by atoms with Crippen LogP contribution in [0.4, 0.5) is 5.69 Å². The Morgan fingerprint density at radius 2 is 2.17 bits per heavy atom. The fourth-order valence-electron chi connectivity index (χ4n) is 2.38. The van der Waals surface area contributed by atoms with Gasteiger partial charge in [0, 0.05) is 19.1 Å². The molecule has 0 amide bonds. The maximum Gasteiger partial charge on any atom is 0.0642 e. The Hall–Kier alpha value is -0.730. The molecular formula is C15H23ClN2. The first-order valence-electron chi connectivity index (χ1n) is 6.88. The van der Waals surface area contributed by atoms with Gasteiger partial charge in [0.05, 0.1) is 10.7 Å². The topological polar surface area (TPSA) is 29.3 Å². The molecule has 100 valence electrons. The van der Waals surface area contributed by atoms with Crippen molar-refractivity contribution in [2.45, 2.75) is 51.1 Å². The Morgan fingerprint density at radius 3 is 2.67 bits per heavy atom. The summed E-state index contributed by atoms with van der Waals surface area (Å²) in [7, 11) is 2.14. The Labute approximate surface area is 115 Å². The predicted molar refractivity (Wildman–Crippen MR) is 79.5 cm³/mol. The monoisotopic (exact) mass is 266 g/mol. The van der Waals surface area contributed by atoms with E-state index in [2.05, 4.69) is 37.1 Å². The lowest BCUT2D eigenvalue weighted by Gasteiger charge is -2.37. The van der Waals surface area contributed by atoms with Crippen molar-refractivity contribution in [1.82, 2.24) is 0 Å². The summed E-state index contributed by atoms with van der Waals surface area (Å²) in [5.41, 5.74) is 8.36. The van der Waals surface area contributed by atoms with Gasteiger partial charge in [-0.05, 0) is 49.8 Å². The second kappa shape index (κ2) is 5.94. The van der Waals surface area contributed by atoms with Gasteiger partial charge in [0.25, 0.3) is 0 Å². The van der Waals surface area contributed by atoms with Gasteiger partial charge in [0.15, 0.2) is 0 Å². The van der Waals surface area contributed by atoms with Gasteiger partial charge in [-0.2, -0.15) is 0 Å². The number of anilines is 1. The van der Waals surface area contributed by atoms with Gasteiger partial charge in [-0.15, -0.1) is 0 Å². The summed E-state index contributed by atoms with van der Waals surface area (Å²) < 4.78 is 0. The van der Waals surface area contributed by atoms with E-state index in [-0.39, 0.29) is 6.04 Å². The highest BCUT2D eigenvalue weighted by molar-refractivity contribution is 6.33. The maximum atomic E-state index is 6.39. The summed E-state index contributed by atoms with van der Waals surface area (Å²) in [6, 6.07) is 7.27. The van der Waals surface area contributed by atoms with Crippen molar-refractivity contribution >= 4 is 17.3 Å². The number of nitrogens with two attached hydrogens (primary N) is 1. The molecule has 1 aliphatic rings. The minimum atomic E-state index is 0.233. The Morgan fingerprint density at radius 1 is 1.44 bits per heavy atom. The van der Waals surface area contributed by atoms with E-state index in [1.54, 1.807) is 0 Å². The van der Waals surface area contributed by atoms with E-state index in [1.807, 2.05) is 0 Å². The van der Waals surface area contributed by atoms with Crippen molar-refractivity contribution in [2.75, 3.05) is 11.9 Å². The highest BCUT2D eigenvalue weighted by Gasteiger charge is 2.23. The molecular weight excluding hydrogens is 244 g/mol. The van der Waals surface area contributed by atoms with Crippen molar-refractivity contribution in [2.24, 2.45) is 5.73 Å². The molecule has 1 aromatic carbocycles. The fraction of sp³-hybridized carbons (Fsp3) is 0.600. The van der Waals surface area contributed by atoms with Crippen molar-refractivity contribution < 1.29 is 0 Å². The molecule has 0 saturated heterocycles. The van der Waals surface area contributed by atoms with Crippen LogP contribution in [0.3, 0.4) is 0 Å². The molecule has 3 heteroatoms. The molecule has 0 heterocycles. The summed E-state index contributed by atoms with van der Waals surface area (Å²) in [4.78, 5) is 2.31. The van der Waals surface area contributed by atoms with E-state index >= 15 is 0 Å². The minimum absolute atomic E-state index is 0.233. The van der Waals surface area contributed by atoms with Crippen LogP contribution in [0.2, 0.25) is 5.02 Å². The molecule has 0 aliphatic heterocycles. The second-order valence-electron chi connectivity index (χ2n) is 5.35. The molecule has 1 unspecified atom stereocenters. The van der Waals surface area contributed by atoms with Gasteiger partial charge in [0.1, 0.15) is 0 Å². The molecule has 1 fully saturated rings. The van der Waals surface area contributed by atoms with Crippen molar-refractivity contribution in [3.05, 3.63) is 28.8 Å². The van der Waals surface area contributed by atoms with Gasteiger partial charge >= 0.3 is 0 Å². The molecule has 1 saturated carbocycles. The SMILES string of the molecule is CCC(N)Cc1ccc(N(C)C2CCC2)c(Cl)c1. The lowest BCUT2D eigenvalue weighted by Crippen LogP contribution is -2.37. The van der Waals surface area contributed by atoms with Crippen LogP contribution in [0.15, 0.2) is 18.2 Å². The number of rotatable bonds is 5. The average Bonchev–Trinajstić information content (AvgIpc) is 2.26. The van der Waals surface area contributed by atoms with Gasteiger partial charge < -0.3 is 10.6 Å². The fourth-order valence-corrected chi connectivity index (χ4v) is 2.72. The largest absolute Gasteiger partial charge is 0.370 e. The van der Waals surface area contributed by atoms with Crippen LogP contribution in [-0.2, 0) is 6.42 Å². The van der Waals surface area contributed by atoms with Crippen molar-refractivity contribution in [1.29, 1.82) is 0 Å². The normalized spacial score (nSPS) is 17.3. The molecule has 2 rings (SSSR count). The first-order valence-corrected chi connectivity index (χ1v) is 7.26. The third kappa shape index (κ3) is 2.99. The van der Waals surface area contributed by atoms with Crippen LogP contribution in [0.1, 0.15) is 38.2 Å². The summed E-state index contributed by atoms with van der Waals surface area (Å²) in [6.07, 6.45) is 5.83. The van der Waals surface area contributed by atoms with Gasteiger partial charge in [0.2, 0.25) is 0 Å². The standard InChI is InChI=1S/C15H23ClN2/c1-3-12(17)9-11-7-8-15(14(16)10-11)18(2)13-5-4-6-13/h7-8,10,12-13H,3-6,9,17H2,1-2H3. The third-order valence-corrected chi connectivity index (χ3v) is 4.34. The summed E-state index contributed by atoms with van der Waals surface area (Å²) in [6.45, 7) is 2.12. The lowest BCUT2D eigenvalue weighted by atomic mass is 9.91. The van der Waals surface area contributed by atoms with Crippen LogP contribution in [0, 0.1) is 0 Å². The van der Waals surface area contributed by atoms with E-state index in [0.717, 1.165) is 23.6 Å². The highest BCUT2D eigenvalue weighted by atomic mass is 35.5.